The van der Waals surface area contributed by atoms with Crippen molar-refractivity contribution in [3.05, 3.63) is 29.3 Å². The van der Waals surface area contributed by atoms with Crippen molar-refractivity contribution in [3.63, 3.8) is 0 Å². The lowest BCUT2D eigenvalue weighted by Gasteiger charge is -2.09. The van der Waals surface area contributed by atoms with Gasteiger partial charge in [0, 0.05) is 0 Å². The Kier molecular flexibility index (Phi) is 4.16. The van der Waals surface area contributed by atoms with Crippen molar-refractivity contribution in [3.8, 4) is 5.75 Å². The summed E-state index contributed by atoms with van der Waals surface area (Å²) in [6.07, 6.45) is 0.504. The molecule has 82 valence electrons. The number of rotatable bonds is 4. The van der Waals surface area contributed by atoms with E-state index in [1.165, 1.54) is 12.7 Å². The Bertz CT molecular complexity index is 347. The fourth-order valence-electron chi connectivity index (χ4n) is 1.22. The van der Waals surface area contributed by atoms with Crippen LogP contribution in [0.2, 0.25) is 0 Å². The van der Waals surface area contributed by atoms with Gasteiger partial charge in [0.2, 0.25) is 0 Å². The van der Waals surface area contributed by atoms with Crippen LogP contribution in [0.3, 0.4) is 0 Å². The maximum absolute atomic E-state index is 7.30. The summed E-state index contributed by atoms with van der Waals surface area (Å²) in [6, 6.07) is 6.09. The fraction of sp³-hybridized carbons (Fsp3) is 0.417. The number of nitrogens with one attached hydrogen (secondary N) is 1. The maximum atomic E-state index is 7.30. The van der Waals surface area contributed by atoms with Crippen molar-refractivity contribution in [1.82, 2.24) is 0 Å². The standard InChI is InChI=1S/C12H17NO2/c1-9-4-5-10(2)11(8-9)15-7-6-12(13)14-3/h4-5,8,13H,6-7H2,1-3H3. The molecule has 3 heteroatoms. The Balaban J connectivity index is 2.50. The first kappa shape index (κ1) is 11.6. The van der Waals surface area contributed by atoms with E-state index < -0.39 is 0 Å². The van der Waals surface area contributed by atoms with Crippen LogP contribution in [-0.4, -0.2) is 19.6 Å². The highest BCUT2D eigenvalue weighted by Gasteiger charge is 2.01. The highest BCUT2D eigenvalue weighted by Crippen LogP contribution is 2.19. The summed E-state index contributed by atoms with van der Waals surface area (Å²) in [6.45, 7) is 4.52. The molecule has 15 heavy (non-hydrogen) atoms. The lowest BCUT2D eigenvalue weighted by Crippen LogP contribution is -2.07. The molecule has 0 bridgehead atoms. The van der Waals surface area contributed by atoms with Gasteiger partial charge in [0.05, 0.1) is 20.1 Å². The van der Waals surface area contributed by atoms with Gasteiger partial charge in [-0.1, -0.05) is 12.1 Å². The highest BCUT2D eigenvalue weighted by molar-refractivity contribution is 5.72. The Morgan fingerprint density at radius 1 is 1.33 bits per heavy atom. The molecule has 0 aliphatic rings. The largest absolute Gasteiger partial charge is 0.493 e. The molecule has 1 aromatic rings. The summed E-state index contributed by atoms with van der Waals surface area (Å²) >= 11 is 0. The van der Waals surface area contributed by atoms with Gasteiger partial charge in [0.15, 0.2) is 5.90 Å². The van der Waals surface area contributed by atoms with Crippen molar-refractivity contribution in [1.29, 1.82) is 5.41 Å². The summed E-state index contributed by atoms with van der Waals surface area (Å²) in [5, 5.41) is 7.30. The predicted octanol–water partition coefficient (Wildman–Crippen LogP) is 2.70. The maximum Gasteiger partial charge on any atom is 0.183 e. The lowest BCUT2D eigenvalue weighted by atomic mass is 10.1. The second-order valence-electron chi connectivity index (χ2n) is 3.49. The van der Waals surface area contributed by atoms with Crippen molar-refractivity contribution >= 4 is 5.90 Å². The number of hydrogen-bond acceptors (Lipinski definition) is 3. The zero-order valence-corrected chi connectivity index (χ0v) is 9.46. The lowest BCUT2D eigenvalue weighted by molar-refractivity contribution is 0.305. The van der Waals surface area contributed by atoms with E-state index in [9.17, 15) is 0 Å². The van der Waals surface area contributed by atoms with Gasteiger partial charge in [-0.2, -0.15) is 0 Å². The van der Waals surface area contributed by atoms with Crippen LogP contribution in [0.25, 0.3) is 0 Å². The van der Waals surface area contributed by atoms with Crippen LogP contribution in [0, 0.1) is 19.3 Å². The summed E-state index contributed by atoms with van der Waals surface area (Å²) in [5.74, 6) is 1.14. The molecule has 1 N–H and O–H groups in total. The van der Waals surface area contributed by atoms with E-state index in [-0.39, 0.29) is 5.90 Å². The molecule has 0 aromatic heterocycles. The molecule has 0 saturated heterocycles. The molecule has 0 unspecified atom stereocenters. The van der Waals surface area contributed by atoms with Crippen LogP contribution in [0.15, 0.2) is 18.2 Å². The monoisotopic (exact) mass is 207 g/mol. The van der Waals surface area contributed by atoms with Crippen LogP contribution < -0.4 is 4.74 Å². The van der Waals surface area contributed by atoms with E-state index in [0.29, 0.717) is 13.0 Å². The van der Waals surface area contributed by atoms with Crippen molar-refractivity contribution in [2.45, 2.75) is 20.3 Å². The van der Waals surface area contributed by atoms with E-state index in [1.807, 2.05) is 26.0 Å². The van der Waals surface area contributed by atoms with Gasteiger partial charge in [0.1, 0.15) is 5.75 Å². The SMILES string of the molecule is COC(=N)CCOc1cc(C)ccc1C. The van der Waals surface area contributed by atoms with Crippen molar-refractivity contribution in [2.75, 3.05) is 13.7 Å². The number of benzene rings is 1. The van der Waals surface area contributed by atoms with Gasteiger partial charge in [-0.15, -0.1) is 0 Å². The van der Waals surface area contributed by atoms with E-state index in [1.54, 1.807) is 0 Å². The molecule has 0 amide bonds. The minimum absolute atomic E-state index is 0.250. The average molecular weight is 207 g/mol. The van der Waals surface area contributed by atoms with Gasteiger partial charge in [0.25, 0.3) is 0 Å². The fourth-order valence-corrected chi connectivity index (χ4v) is 1.22. The summed E-state index contributed by atoms with van der Waals surface area (Å²) < 4.78 is 10.3. The number of ether oxygens (including phenoxy) is 2. The molecule has 0 heterocycles. The molecular weight excluding hydrogens is 190 g/mol. The molecule has 0 atom stereocenters. The van der Waals surface area contributed by atoms with Crippen molar-refractivity contribution < 1.29 is 9.47 Å². The van der Waals surface area contributed by atoms with E-state index in [0.717, 1.165) is 11.3 Å². The number of hydrogen-bond donors (Lipinski definition) is 1. The van der Waals surface area contributed by atoms with E-state index >= 15 is 0 Å². The van der Waals surface area contributed by atoms with Crippen LogP contribution >= 0.6 is 0 Å². The Labute approximate surface area is 90.5 Å². The van der Waals surface area contributed by atoms with Gasteiger partial charge in [-0.3, -0.25) is 5.41 Å². The predicted molar refractivity (Wildman–Crippen MR) is 60.8 cm³/mol. The van der Waals surface area contributed by atoms with Crippen LogP contribution in [0.4, 0.5) is 0 Å². The number of aryl methyl sites for hydroxylation is 2. The van der Waals surface area contributed by atoms with Gasteiger partial charge < -0.3 is 9.47 Å². The molecule has 1 aromatic carbocycles. The first-order valence-electron chi connectivity index (χ1n) is 4.95. The van der Waals surface area contributed by atoms with Gasteiger partial charge >= 0.3 is 0 Å². The average Bonchev–Trinajstić information content (AvgIpc) is 2.23. The molecule has 0 spiro atoms. The minimum Gasteiger partial charge on any atom is -0.493 e. The zero-order valence-electron chi connectivity index (χ0n) is 9.46. The molecule has 0 aliphatic heterocycles. The molecule has 1 rings (SSSR count). The van der Waals surface area contributed by atoms with E-state index in [2.05, 4.69) is 6.07 Å². The third-order valence-corrected chi connectivity index (χ3v) is 2.18. The second-order valence-corrected chi connectivity index (χ2v) is 3.49. The first-order chi connectivity index (χ1) is 7.13. The summed E-state index contributed by atoms with van der Waals surface area (Å²) in [7, 11) is 1.50. The van der Waals surface area contributed by atoms with Gasteiger partial charge in [-0.25, -0.2) is 0 Å². The third kappa shape index (κ3) is 3.62. The van der Waals surface area contributed by atoms with Crippen LogP contribution in [-0.2, 0) is 4.74 Å². The Morgan fingerprint density at radius 2 is 2.07 bits per heavy atom. The topological polar surface area (TPSA) is 42.3 Å². The van der Waals surface area contributed by atoms with Crippen LogP contribution in [0.1, 0.15) is 17.5 Å². The minimum atomic E-state index is 0.250. The Morgan fingerprint density at radius 3 is 2.73 bits per heavy atom. The smallest absolute Gasteiger partial charge is 0.183 e. The van der Waals surface area contributed by atoms with Crippen LogP contribution in [0.5, 0.6) is 5.75 Å². The normalized spacial score (nSPS) is 9.80. The van der Waals surface area contributed by atoms with Crippen molar-refractivity contribution in [2.24, 2.45) is 0 Å². The molecule has 3 nitrogen and oxygen atoms in total. The zero-order chi connectivity index (χ0) is 11.3. The molecule has 0 aliphatic carbocycles. The number of methoxy groups -OCH3 is 1. The first-order valence-corrected chi connectivity index (χ1v) is 4.95. The summed E-state index contributed by atoms with van der Waals surface area (Å²) in [5.41, 5.74) is 2.29. The molecule has 0 saturated carbocycles. The quantitative estimate of drug-likeness (QED) is 0.609. The Hall–Kier alpha value is -1.51. The molecule has 0 fully saturated rings. The second kappa shape index (κ2) is 5.39. The molecule has 0 radical (unpaired) electrons. The third-order valence-electron chi connectivity index (χ3n) is 2.18. The van der Waals surface area contributed by atoms with Gasteiger partial charge in [-0.05, 0) is 31.0 Å². The summed E-state index contributed by atoms with van der Waals surface area (Å²) in [4.78, 5) is 0. The molecular formula is C12H17NO2. The highest BCUT2D eigenvalue weighted by atomic mass is 16.5. The van der Waals surface area contributed by atoms with E-state index in [4.69, 9.17) is 14.9 Å².